The fourth-order valence-electron chi connectivity index (χ4n) is 3.74. The average Bonchev–Trinajstić information content (AvgIpc) is 2.62. The zero-order valence-corrected chi connectivity index (χ0v) is 15.0. The summed E-state index contributed by atoms with van der Waals surface area (Å²) >= 11 is 0. The Bertz CT molecular complexity index is 676. The molecule has 0 saturated heterocycles. The smallest absolute Gasteiger partial charge is 0.416 e. The van der Waals surface area contributed by atoms with Crippen LogP contribution in [-0.4, -0.2) is 28.4 Å². The second-order valence-corrected chi connectivity index (χ2v) is 7.36. The molecule has 4 heteroatoms. The molecule has 0 spiro atoms. The van der Waals surface area contributed by atoms with Crippen molar-refractivity contribution in [2.24, 2.45) is 10.9 Å². The van der Waals surface area contributed by atoms with Crippen molar-refractivity contribution in [3.05, 3.63) is 47.5 Å². The van der Waals surface area contributed by atoms with E-state index in [0.717, 1.165) is 24.2 Å². The lowest BCUT2D eigenvalue weighted by atomic mass is 9.76. The highest BCUT2D eigenvalue weighted by Crippen LogP contribution is 2.39. The molecule has 0 fully saturated rings. The number of aliphatic imine (C=N–C) groups is 1. The molecule has 3 rings (SSSR count). The van der Waals surface area contributed by atoms with E-state index in [1.807, 2.05) is 37.3 Å². The maximum Gasteiger partial charge on any atom is 0.416 e. The normalized spacial score (nSPS) is 25.4. The summed E-state index contributed by atoms with van der Waals surface area (Å²) in [7, 11) is 0. The van der Waals surface area contributed by atoms with Gasteiger partial charge < -0.3 is 4.74 Å². The molecule has 1 aromatic carbocycles. The second kappa shape index (κ2) is 6.42. The standard InChI is InChI=1S/C20H26N2O2/c1-14-10-11-17-12-18(14)22(15(2)21-20(17,3)4)19(23)24-13-16-8-6-5-7-9-16/h5-10,17-18H,11-13H2,1-4H3/t17-,18-/m0/s1. The van der Waals surface area contributed by atoms with Gasteiger partial charge in [-0.15, -0.1) is 0 Å². The number of rotatable bonds is 2. The van der Waals surface area contributed by atoms with Crippen LogP contribution in [0.2, 0.25) is 0 Å². The molecule has 2 aliphatic rings. The Kier molecular flexibility index (Phi) is 4.48. The van der Waals surface area contributed by atoms with Crippen LogP contribution < -0.4 is 0 Å². The number of carbonyl (C=O) groups is 1. The van der Waals surface area contributed by atoms with Crippen LogP contribution >= 0.6 is 0 Å². The predicted molar refractivity (Wildman–Crippen MR) is 95.9 cm³/mol. The summed E-state index contributed by atoms with van der Waals surface area (Å²) in [6.07, 6.45) is 3.91. The van der Waals surface area contributed by atoms with Gasteiger partial charge in [-0.3, -0.25) is 9.89 Å². The van der Waals surface area contributed by atoms with Crippen molar-refractivity contribution in [2.75, 3.05) is 0 Å². The largest absolute Gasteiger partial charge is 0.444 e. The topological polar surface area (TPSA) is 41.9 Å². The molecule has 0 radical (unpaired) electrons. The minimum atomic E-state index is -0.309. The number of hydrogen-bond acceptors (Lipinski definition) is 3. The lowest BCUT2D eigenvalue weighted by Crippen LogP contribution is -2.45. The van der Waals surface area contributed by atoms with Crippen molar-refractivity contribution in [1.82, 2.24) is 4.90 Å². The molecule has 1 aliphatic heterocycles. The number of benzene rings is 1. The Morgan fingerprint density at radius 3 is 2.71 bits per heavy atom. The van der Waals surface area contributed by atoms with Crippen LogP contribution in [-0.2, 0) is 11.3 Å². The first-order chi connectivity index (χ1) is 11.4. The Hall–Kier alpha value is -2.10. The highest BCUT2D eigenvalue weighted by atomic mass is 16.6. The van der Waals surface area contributed by atoms with Gasteiger partial charge in [0, 0.05) is 0 Å². The highest BCUT2D eigenvalue weighted by Gasteiger charge is 2.42. The van der Waals surface area contributed by atoms with Gasteiger partial charge in [-0.25, -0.2) is 4.79 Å². The van der Waals surface area contributed by atoms with Crippen LogP contribution in [0, 0.1) is 5.92 Å². The molecule has 0 saturated carbocycles. The lowest BCUT2D eigenvalue weighted by Gasteiger charge is -2.36. The van der Waals surface area contributed by atoms with Gasteiger partial charge in [0.2, 0.25) is 0 Å². The van der Waals surface area contributed by atoms with Gasteiger partial charge in [-0.05, 0) is 52.0 Å². The van der Waals surface area contributed by atoms with E-state index >= 15 is 0 Å². The number of hydrogen-bond donors (Lipinski definition) is 0. The molecule has 4 nitrogen and oxygen atoms in total. The Morgan fingerprint density at radius 2 is 2.00 bits per heavy atom. The predicted octanol–water partition coefficient (Wildman–Crippen LogP) is 4.56. The third kappa shape index (κ3) is 3.23. The Labute approximate surface area is 144 Å². The fraction of sp³-hybridized carbons (Fsp3) is 0.500. The van der Waals surface area contributed by atoms with Gasteiger partial charge in [0.15, 0.2) is 0 Å². The second-order valence-electron chi connectivity index (χ2n) is 7.36. The molecule has 1 aromatic rings. The lowest BCUT2D eigenvalue weighted by molar-refractivity contribution is 0.105. The summed E-state index contributed by atoms with van der Waals surface area (Å²) in [5, 5.41) is 0. The van der Waals surface area contributed by atoms with Gasteiger partial charge >= 0.3 is 6.09 Å². The molecule has 24 heavy (non-hydrogen) atoms. The quantitative estimate of drug-likeness (QED) is 0.748. The zero-order valence-electron chi connectivity index (χ0n) is 15.0. The van der Waals surface area contributed by atoms with E-state index in [-0.39, 0.29) is 24.3 Å². The Balaban J connectivity index is 1.82. The summed E-state index contributed by atoms with van der Waals surface area (Å²) in [4.78, 5) is 19.4. The molecule has 0 N–H and O–H groups in total. The summed E-state index contributed by atoms with van der Waals surface area (Å²) < 4.78 is 5.58. The maximum absolute atomic E-state index is 12.8. The summed E-state index contributed by atoms with van der Waals surface area (Å²) in [5.74, 6) is 1.20. The molecule has 128 valence electrons. The van der Waals surface area contributed by atoms with Crippen molar-refractivity contribution in [2.45, 2.75) is 58.7 Å². The minimum absolute atomic E-state index is 0.0533. The van der Waals surface area contributed by atoms with Gasteiger partial charge in [0.05, 0.1) is 11.6 Å². The van der Waals surface area contributed by atoms with Crippen molar-refractivity contribution < 1.29 is 9.53 Å². The van der Waals surface area contributed by atoms with Crippen molar-refractivity contribution in [3.8, 4) is 0 Å². The van der Waals surface area contributed by atoms with Gasteiger partial charge in [0.1, 0.15) is 12.4 Å². The first kappa shape index (κ1) is 16.7. The third-order valence-electron chi connectivity index (χ3n) is 5.27. The first-order valence-corrected chi connectivity index (χ1v) is 8.61. The van der Waals surface area contributed by atoms with Crippen molar-refractivity contribution in [3.63, 3.8) is 0 Å². The molecule has 2 atom stereocenters. The van der Waals surface area contributed by atoms with E-state index in [1.54, 1.807) is 4.90 Å². The summed E-state index contributed by atoms with van der Waals surface area (Å²) in [6.45, 7) is 8.62. The number of nitrogens with zero attached hydrogens (tertiary/aromatic N) is 2. The van der Waals surface area contributed by atoms with Crippen LogP contribution in [0.3, 0.4) is 0 Å². The zero-order chi connectivity index (χ0) is 17.3. The van der Waals surface area contributed by atoms with Crippen molar-refractivity contribution in [1.29, 1.82) is 0 Å². The van der Waals surface area contributed by atoms with Gasteiger partial charge in [0.25, 0.3) is 0 Å². The number of amides is 1. The van der Waals surface area contributed by atoms with E-state index in [4.69, 9.17) is 9.73 Å². The van der Waals surface area contributed by atoms with Crippen LogP contribution in [0.5, 0.6) is 0 Å². The van der Waals surface area contributed by atoms with E-state index in [2.05, 4.69) is 26.8 Å². The van der Waals surface area contributed by atoms with E-state index < -0.39 is 0 Å². The molecule has 1 heterocycles. The maximum atomic E-state index is 12.8. The number of amidine groups is 1. The summed E-state index contributed by atoms with van der Waals surface area (Å²) in [5.41, 5.74) is 2.06. The highest BCUT2D eigenvalue weighted by molar-refractivity contribution is 5.95. The van der Waals surface area contributed by atoms with E-state index in [9.17, 15) is 4.79 Å². The van der Waals surface area contributed by atoms with E-state index in [0.29, 0.717) is 5.92 Å². The van der Waals surface area contributed by atoms with Crippen molar-refractivity contribution >= 4 is 11.9 Å². The van der Waals surface area contributed by atoms with Gasteiger partial charge in [-0.1, -0.05) is 42.0 Å². The summed E-state index contributed by atoms with van der Waals surface area (Å²) in [6, 6.07) is 9.82. The van der Waals surface area contributed by atoms with E-state index in [1.165, 1.54) is 5.57 Å². The van der Waals surface area contributed by atoms with Gasteiger partial charge in [-0.2, -0.15) is 0 Å². The molecular formula is C20H26N2O2. The number of carbonyl (C=O) groups excluding carboxylic acids is 1. The monoisotopic (exact) mass is 326 g/mol. The molecule has 2 bridgehead atoms. The fourth-order valence-corrected chi connectivity index (χ4v) is 3.74. The molecule has 0 aromatic heterocycles. The van der Waals surface area contributed by atoms with Crippen LogP contribution in [0.1, 0.15) is 46.1 Å². The molecule has 1 amide bonds. The first-order valence-electron chi connectivity index (χ1n) is 8.61. The number of allylic oxidation sites excluding steroid dienone is 1. The molecule has 1 aliphatic carbocycles. The number of fused-ring (bicyclic) bond motifs is 2. The average molecular weight is 326 g/mol. The molecular weight excluding hydrogens is 300 g/mol. The Morgan fingerprint density at radius 1 is 1.29 bits per heavy atom. The minimum Gasteiger partial charge on any atom is -0.444 e. The van der Waals surface area contributed by atoms with Crippen LogP contribution in [0.15, 0.2) is 47.0 Å². The molecule has 0 unspecified atom stereocenters. The van der Waals surface area contributed by atoms with Crippen LogP contribution in [0.4, 0.5) is 4.79 Å². The number of ether oxygens (including phenoxy) is 1. The van der Waals surface area contributed by atoms with Crippen LogP contribution in [0.25, 0.3) is 0 Å². The SMILES string of the molecule is CC1=CC[C@H]2C[C@@H]1N(C(=O)OCc1ccccc1)C(C)=NC2(C)C. The third-order valence-corrected chi connectivity index (χ3v) is 5.27.